The molecule has 0 spiro atoms. The predicted octanol–water partition coefficient (Wildman–Crippen LogP) is 4.48. The third-order valence-electron chi connectivity index (χ3n) is 5.49. The maximum atomic E-state index is 12.1. The molecule has 0 N–H and O–H groups in total. The molecule has 2 atom stereocenters. The zero-order valence-corrected chi connectivity index (χ0v) is 14.7. The van der Waals surface area contributed by atoms with E-state index in [4.69, 9.17) is 9.73 Å². The highest BCUT2D eigenvalue weighted by atomic mass is 16.5. The average molecular weight is 313 g/mol. The van der Waals surface area contributed by atoms with Gasteiger partial charge in [0.25, 0.3) is 0 Å². The number of nitrogens with zero attached hydrogens (tertiary/aromatic N) is 1. The second-order valence-electron chi connectivity index (χ2n) is 7.18. The van der Waals surface area contributed by atoms with Crippen molar-refractivity contribution in [2.75, 3.05) is 6.61 Å². The van der Waals surface area contributed by atoms with Gasteiger partial charge in [-0.05, 0) is 57.2 Å². The van der Waals surface area contributed by atoms with Gasteiger partial charge in [-0.25, -0.2) is 0 Å². The van der Waals surface area contributed by atoms with E-state index in [-0.39, 0.29) is 17.9 Å². The Bertz CT molecular complexity index is 662. The van der Waals surface area contributed by atoms with Crippen LogP contribution in [-0.2, 0) is 9.53 Å². The Morgan fingerprint density at radius 1 is 1.30 bits per heavy atom. The summed E-state index contributed by atoms with van der Waals surface area (Å²) in [6, 6.07) is 4.37. The molecule has 0 radical (unpaired) electrons. The average Bonchev–Trinajstić information content (AvgIpc) is 2.49. The minimum atomic E-state index is -0.170. The number of benzene rings is 1. The van der Waals surface area contributed by atoms with Crippen molar-refractivity contribution in [1.29, 1.82) is 0 Å². The molecule has 1 heterocycles. The van der Waals surface area contributed by atoms with Crippen LogP contribution in [0.4, 0.5) is 0 Å². The molecule has 1 aromatic rings. The zero-order chi connectivity index (χ0) is 16.6. The lowest BCUT2D eigenvalue weighted by Gasteiger charge is -2.44. The van der Waals surface area contributed by atoms with Crippen molar-refractivity contribution in [1.82, 2.24) is 0 Å². The summed E-state index contributed by atoms with van der Waals surface area (Å²) >= 11 is 0. The Morgan fingerprint density at radius 3 is 2.78 bits per heavy atom. The number of ether oxygens (including phenoxy) is 1. The molecule has 23 heavy (non-hydrogen) atoms. The number of carbonyl (C=O) groups excluding carboxylic acids is 1. The van der Waals surface area contributed by atoms with Crippen LogP contribution in [0, 0.1) is 13.8 Å². The van der Waals surface area contributed by atoms with E-state index in [1.807, 2.05) is 6.92 Å². The standard InChI is InChI=1S/C20H27NO2/c1-5-23-17(22)12-16-19-14(3)10-9-13(2)18(19)15-8-6-7-11-20(15,4)21-16/h9-10,15H,5-8,11-12H2,1-4H3/t15-,20+/m1/s1. The maximum absolute atomic E-state index is 12.1. The van der Waals surface area contributed by atoms with Crippen LogP contribution in [0.2, 0.25) is 0 Å². The van der Waals surface area contributed by atoms with Crippen molar-refractivity contribution in [3.05, 3.63) is 34.4 Å². The molecular formula is C20H27NO2. The lowest BCUT2D eigenvalue weighted by atomic mass is 9.66. The second kappa shape index (κ2) is 6.10. The Hall–Kier alpha value is -1.64. The summed E-state index contributed by atoms with van der Waals surface area (Å²) in [6.07, 6.45) is 5.09. The van der Waals surface area contributed by atoms with Crippen molar-refractivity contribution in [3.8, 4) is 0 Å². The molecule has 0 amide bonds. The molecule has 1 saturated carbocycles. The molecule has 3 nitrogen and oxygen atoms in total. The van der Waals surface area contributed by atoms with Crippen LogP contribution >= 0.6 is 0 Å². The van der Waals surface area contributed by atoms with Gasteiger partial charge in [0.05, 0.1) is 24.3 Å². The molecule has 3 rings (SSSR count). The van der Waals surface area contributed by atoms with E-state index in [0.717, 1.165) is 12.1 Å². The van der Waals surface area contributed by atoms with Gasteiger partial charge in [-0.15, -0.1) is 0 Å². The van der Waals surface area contributed by atoms with Gasteiger partial charge in [-0.1, -0.05) is 25.0 Å². The summed E-state index contributed by atoms with van der Waals surface area (Å²) in [5.41, 5.74) is 6.07. The number of aryl methyl sites for hydroxylation is 2. The Morgan fingerprint density at radius 2 is 2.04 bits per heavy atom. The van der Waals surface area contributed by atoms with Crippen LogP contribution in [0.25, 0.3) is 0 Å². The summed E-state index contributed by atoms with van der Waals surface area (Å²) in [5.74, 6) is 0.313. The van der Waals surface area contributed by atoms with Gasteiger partial charge >= 0.3 is 5.97 Å². The number of carbonyl (C=O) groups is 1. The van der Waals surface area contributed by atoms with E-state index >= 15 is 0 Å². The number of esters is 1. The molecule has 1 aromatic carbocycles. The fourth-order valence-electron chi connectivity index (χ4n) is 4.41. The molecule has 124 valence electrons. The van der Waals surface area contributed by atoms with Crippen molar-refractivity contribution in [2.45, 2.75) is 71.3 Å². The first-order valence-corrected chi connectivity index (χ1v) is 8.81. The minimum Gasteiger partial charge on any atom is -0.466 e. The molecular weight excluding hydrogens is 286 g/mol. The molecule has 3 heteroatoms. The van der Waals surface area contributed by atoms with Crippen LogP contribution in [0.3, 0.4) is 0 Å². The van der Waals surface area contributed by atoms with Gasteiger partial charge in [0, 0.05) is 11.5 Å². The van der Waals surface area contributed by atoms with Gasteiger partial charge in [0.2, 0.25) is 0 Å². The fraction of sp³-hybridized carbons (Fsp3) is 0.600. The summed E-state index contributed by atoms with van der Waals surface area (Å²) in [7, 11) is 0. The van der Waals surface area contributed by atoms with E-state index in [0.29, 0.717) is 12.5 Å². The highest BCUT2D eigenvalue weighted by Gasteiger charge is 2.43. The van der Waals surface area contributed by atoms with Crippen molar-refractivity contribution < 1.29 is 9.53 Å². The van der Waals surface area contributed by atoms with Gasteiger partial charge in [0.15, 0.2) is 0 Å². The van der Waals surface area contributed by atoms with Crippen molar-refractivity contribution >= 4 is 11.7 Å². The molecule has 0 unspecified atom stereocenters. The summed E-state index contributed by atoms with van der Waals surface area (Å²) in [5, 5.41) is 0. The molecule has 0 saturated heterocycles. The zero-order valence-electron chi connectivity index (χ0n) is 14.7. The van der Waals surface area contributed by atoms with Crippen LogP contribution in [0.15, 0.2) is 17.1 Å². The Balaban J connectivity index is 2.12. The number of rotatable bonds is 3. The summed E-state index contributed by atoms with van der Waals surface area (Å²) in [4.78, 5) is 17.2. The van der Waals surface area contributed by atoms with Gasteiger partial charge in [0.1, 0.15) is 0 Å². The van der Waals surface area contributed by atoms with Crippen LogP contribution in [-0.4, -0.2) is 23.8 Å². The number of hydrogen-bond acceptors (Lipinski definition) is 3. The lowest BCUT2D eigenvalue weighted by molar-refractivity contribution is -0.141. The number of fused-ring (bicyclic) bond motifs is 3. The van der Waals surface area contributed by atoms with Crippen LogP contribution in [0.5, 0.6) is 0 Å². The third kappa shape index (κ3) is 2.82. The van der Waals surface area contributed by atoms with Gasteiger partial charge in [-0.3, -0.25) is 9.79 Å². The molecule has 1 aliphatic heterocycles. The predicted molar refractivity (Wildman–Crippen MR) is 93.3 cm³/mol. The Labute approximate surface area is 139 Å². The van der Waals surface area contributed by atoms with E-state index in [2.05, 4.69) is 32.9 Å². The highest BCUT2D eigenvalue weighted by Crippen LogP contribution is 2.49. The van der Waals surface area contributed by atoms with E-state index in [1.165, 1.54) is 41.5 Å². The second-order valence-corrected chi connectivity index (χ2v) is 7.18. The number of hydrogen-bond donors (Lipinski definition) is 0. The molecule has 1 aliphatic carbocycles. The minimum absolute atomic E-state index is 0.0639. The van der Waals surface area contributed by atoms with E-state index in [9.17, 15) is 4.79 Å². The quantitative estimate of drug-likeness (QED) is 0.772. The maximum Gasteiger partial charge on any atom is 0.311 e. The normalized spacial score (nSPS) is 26.1. The first-order valence-electron chi connectivity index (χ1n) is 8.81. The van der Waals surface area contributed by atoms with Gasteiger partial charge in [-0.2, -0.15) is 0 Å². The first kappa shape index (κ1) is 16.2. The highest BCUT2D eigenvalue weighted by molar-refractivity contribution is 6.12. The van der Waals surface area contributed by atoms with Crippen LogP contribution < -0.4 is 0 Å². The van der Waals surface area contributed by atoms with E-state index in [1.54, 1.807) is 0 Å². The fourth-order valence-corrected chi connectivity index (χ4v) is 4.41. The van der Waals surface area contributed by atoms with Crippen molar-refractivity contribution in [2.24, 2.45) is 4.99 Å². The first-order chi connectivity index (χ1) is 11.0. The monoisotopic (exact) mass is 313 g/mol. The van der Waals surface area contributed by atoms with Crippen LogP contribution in [0.1, 0.15) is 74.1 Å². The summed E-state index contributed by atoms with van der Waals surface area (Å²) < 4.78 is 5.18. The lowest BCUT2D eigenvalue weighted by Crippen LogP contribution is -2.40. The molecule has 0 bridgehead atoms. The molecule has 1 fully saturated rings. The smallest absolute Gasteiger partial charge is 0.311 e. The summed E-state index contributed by atoms with van der Waals surface area (Å²) in [6.45, 7) is 8.87. The van der Waals surface area contributed by atoms with Crippen molar-refractivity contribution in [3.63, 3.8) is 0 Å². The Kier molecular flexibility index (Phi) is 4.31. The topological polar surface area (TPSA) is 38.7 Å². The van der Waals surface area contributed by atoms with Gasteiger partial charge < -0.3 is 4.74 Å². The largest absolute Gasteiger partial charge is 0.466 e. The third-order valence-corrected chi connectivity index (χ3v) is 5.49. The molecule has 2 aliphatic rings. The molecule has 0 aromatic heterocycles. The number of aliphatic imine (C=N–C) groups is 1. The van der Waals surface area contributed by atoms with E-state index < -0.39 is 0 Å². The SMILES string of the molecule is CCOC(=O)CC1=N[C@@]2(C)CCCC[C@@H]2c2c(C)ccc(C)c21.